The van der Waals surface area contributed by atoms with Crippen LogP contribution in [0.25, 0.3) is 22.1 Å². The molecule has 1 aromatic heterocycles. The van der Waals surface area contributed by atoms with Gasteiger partial charge in [0.2, 0.25) is 0 Å². The highest BCUT2D eigenvalue weighted by Crippen LogP contribution is 2.41. The molecular formula is C15H10BrClFNO. The predicted octanol–water partition coefficient (Wildman–Crippen LogP) is 5.11. The highest BCUT2D eigenvalue weighted by atomic mass is 79.9. The second kappa shape index (κ2) is 5.20. The van der Waals surface area contributed by atoms with Gasteiger partial charge in [-0.1, -0.05) is 41.9 Å². The zero-order valence-electron chi connectivity index (χ0n) is 10.3. The molecule has 0 bridgehead atoms. The van der Waals surface area contributed by atoms with E-state index in [0.29, 0.717) is 26.8 Å². The minimum atomic E-state index is -0.493. The summed E-state index contributed by atoms with van der Waals surface area (Å²) >= 11 is 9.27. The second-order valence-electron chi connectivity index (χ2n) is 4.33. The number of hydrogen-bond donors (Lipinski definition) is 1. The van der Waals surface area contributed by atoms with Crippen molar-refractivity contribution in [3.8, 4) is 11.1 Å². The molecule has 2 aromatic carbocycles. The fraction of sp³-hybridized carbons (Fsp3) is 0.0667. The average molecular weight is 355 g/mol. The fourth-order valence-electron chi connectivity index (χ4n) is 2.27. The number of fused-ring (bicyclic) bond motifs is 1. The Kier molecular flexibility index (Phi) is 3.54. The largest absolute Gasteiger partial charge is 0.458 e. The van der Waals surface area contributed by atoms with Crippen LogP contribution in [-0.4, -0.2) is 0 Å². The first-order valence-corrected chi connectivity index (χ1v) is 7.15. The van der Waals surface area contributed by atoms with Gasteiger partial charge in [-0.15, -0.1) is 0 Å². The summed E-state index contributed by atoms with van der Waals surface area (Å²) in [7, 11) is 0. The number of halogens is 3. The van der Waals surface area contributed by atoms with E-state index < -0.39 is 5.82 Å². The zero-order chi connectivity index (χ0) is 14.3. The average Bonchev–Trinajstić information content (AvgIpc) is 2.86. The molecule has 5 heteroatoms. The zero-order valence-corrected chi connectivity index (χ0v) is 12.6. The Labute approximate surface area is 128 Å². The Morgan fingerprint density at radius 3 is 2.60 bits per heavy atom. The quantitative estimate of drug-likeness (QED) is 0.649. The van der Waals surface area contributed by atoms with Crippen molar-refractivity contribution in [2.45, 2.75) is 6.54 Å². The second-order valence-corrected chi connectivity index (χ2v) is 5.59. The Bertz CT molecular complexity index is 786. The van der Waals surface area contributed by atoms with E-state index >= 15 is 0 Å². The van der Waals surface area contributed by atoms with Crippen LogP contribution in [-0.2, 0) is 6.54 Å². The molecule has 0 fully saturated rings. The molecule has 0 aliphatic carbocycles. The lowest BCUT2D eigenvalue weighted by molar-refractivity contribution is 0.551. The summed E-state index contributed by atoms with van der Waals surface area (Å²) in [5, 5.41) is 0.405. The van der Waals surface area contributed by atoms with Crippen LogP contribution in [0, 0.1) is 5.82 Å². The molecule has 3 aromatic rings. The molecule has 20 heavy (non-hydrogen) atoms. The summed E-state index contributed by atoms with van der Waals surface area (Å²) in [5.74, 6) is 0.0419. The van der Waals surface area contributed by atoms with Crippen molar-refractivity contribution in [2.24, 2.45) is 5.73 Å². The number of benzene rings is 2. The van der Waals surface area contributed by atoms with Crippen LogP contribution in [0.5, 0.6) is 0 Å². The van der Waals surface area contributed by atoms with Crippen molar-refractivity contribution < 1.29 is 8.81 Å². The molecular weight excluding hydrogens is 345 g/mol. The van der Waals surface area contributed by atoms with E-state index in [1.54, 1.807) is 0 Å². The van der Waals surface area contributed by atoms with Crippen LogP contribution < -0.4 is 5.73 Å². The Balaban J connectivity index is 2.46. The van der Waals surface area contributed by atoms with Crippen molar-refractivity contribution >= 4 is 38.5 Å². The van der Waals surface area contributed by atoms with Gasteiger partial charge in [0.05, 0.1) is 21.4 Å². The summed E-state index contributed by atoms with van der Waals surface area (Å²) in [5.41, 5.74) is 7.65. The molecule has 0 amide bonds. The number of furan rings is 1. The Hall–Kier alpha value is -1.36. The van der Waals surface area contributed by atoms with Crippen LogP contribution in [0.15, 0.2) is 45.3 Å². The number of rotatable bonds is 2. The molecule has 0 aliphatic heterocycles. The topological polar surface area (TPSA) is 39.2 Å². The predicted molar refractivity (Wildman–Crippen MR) is 82.2 cm³/mol. The third kappa shape index (κ3) is 2.04. The third-order valence-electron chi connectivity index (χ3n) is 3.13. The van der Waals surface area contributed by atoms with Crippen molar-refractivity contribution in [3.05, 3.63) is 57.5 Å². The van der Waals surface area contributed by atoms with E-state index in [9.17, 15) is 4.39 Å². The fourth-order valence-corrected chi connectivity index (χ4v) is 3.11. The summed E-state index contributed by atoms with van der Waals surface area (Å²) in [6.07, 6.45) is 0. The monoisotopic (exact) mass is 353 g/mol. The summed E-state index contributed by atoms with van der Waals surface area (Å²) in [6.45, 7) is 0.183. The molecule has 0 radical (unpaired) electrons. The van der Waals surface area contributed by atoms with Crippen LogP contribution in [0.2, 0.25) is 5.02 Å². The van der Waals surface area contributed by atoms with E-state index in [0.717, 1.165) is 5.56 Å². The van der Waals surface area contributed by atoms with Crippen LogP contribution in [0.1, 0.15) is 5.76 Å². The summed E-state index contributed by atoms with van der Waals surface area (Å²) < 4.78 is 20.7. The van der Waals surface area contributed by atoms with E-state index in [-0.39, 0.29) is 11.6 Å². The van der Waals surface area contributed by atoms with E-state index in [1.807, 2.05) is 30.3 Å². The molecule has 0 atom stereocenters. The van der Waals surface area contributed by atoms with Gasteiger partial charge in [-0.25, -0.2) is 4.39 Å². The minimum absolute atomic E-state index is 0.0472. The van der Waals surface area contributed by atoms with Gasteiger partial charge in [0.15, 0.2) is 11.4 Å². The highest BCUT2D eigenvalue weighted by Gasteiger charge is 2.22. The van der Waals surface area contributed by atoms with E-state index in [2.05, 4.69) is 15.9 Å². The van der Waals surface area contributed by atoms with Crippen molar-refractivity contribution in [1.29, 1.82) is 0 Å². The molecule has 102 valence electrons. The van der Waals surface area contributed by atoms with Gasteiger partial charge < -0.3 is 10.2 Å². The van der Waals surface area contributed by atoms with Crippen molar-refractivity contribution in [2.75, 3.05) is 0 Å². The molecule has 0 saturated heterocycles. The van der Waals surface area contributed by atoms with Crippen LogP contribution >= 0.6 is 27.5 Å². The van der Waals surface area contributed by atoms with Crippen molar-refractivity contribution in [3.63, 3.8) is 0 Å². The molecule has 0 aliphatic rings. The van der Waals surface area contributed by atoms with Crippen molar-refractivity contribution in [1.82, 2.24) is 0 Å². The number of nitrogens with two attached hydrogens (primary N) is 1. The van der Waals surface area contributed by atoms with Gasteiger partial charge in [0, 0.05) is 5.56 Å². The van der Waals surface area contributed by atoms with E-state index in [1.165, 1.54) is 6.07 Å². The lowest BCUT2D eigenvalue weighted by atomic mass is 10.0. The van der Waals surface area contributed by atoms with Gasteiger partial charge in [0.25, 0.3) is 0 Å². The van der Waals surface area contributed by atoms with Gasteiger partial charge in [0.1, 0.15) is 5.76 Å². The van der Waals surface area contributed by atoms with Crippen LogP contribution in [0.4, 0.5) is 4.39 Å². The van der Waals surface area contributed by atoms with Gasteiger partial charge in [-0.2, -0.15) is 0 Å². The highest BCUT2D eigenvalue weighted by molar-refractivity contribution is 9.10. The Morgan fingerprint density at radius 2 is 1.95 bits per heavy atom. The van der Waals surface area contributed by atoms with Gasteiger partial charge in [-0.05, 0) is 27.6 Å². The molecule has 2 N–H and O–H groups in total. The Morgan fingerprint density at radius 1 is 1.25 bits per heavy atom. The van der Waals surface area contributed by atoms with E-state index in [4.69, 9.17) is 21.8 Å². The molecule has 2 nitrogen and oxygen atoms in total. The summed E-state index contributed by atoms with van der Waals surface area (Å²) in [4.78, 5) is 0. The molecule has 3 rings (SSSR count). The SMILES string of the molecule is NCc1oc2c(Br)cc(Cl)c(F)c2c1-c1ccccc1. The smallest absolute Gasteiger partial charge is 0.153 e. The van der Waals surface area contributed by atoms with Crippen LogP contribution in [0.3, 0.4) is 0 Å². The first-order chi connectivity index (χ1) is 9.63. The lowest BCUT2D eigenvalue weighted by Gasteiger charge is -2.03. The maximum Gasteiger partial charge on any atom is 0.153 e. The molecule has 0 saturated carbocycles. The summed E-state index contributed by atoms with van der Waals surface area (Å²) in [6, 6.07) is 10.9. The first-order valence-electron chi connectivity index (χ1n) is 5.98. The standard InChI is InChI=1S/C15H10BrClFNO/c16-9-6-10(17)14(18)13-12(8-4-2-1-3-5-8)11(7-19)20-15(9)13/h1-6H,7,19H2. The van der Waals surface area contributed by atoms with Gasteiger partial charge >= 0.3 is 0 Å². The first kappa shape index (κ1) is 13.6. The number of hydrogen-bond acceptors (Lipinski definition) is 2. The lowest BCUT2D eigenvalue weighted by Crippen LogP contribution is -1.96. The third-order valence-corrected chi connectivity index (χ3v) is 3.99. The molecule has 0 spiro atoms. The maximum atomic E-state index is 14.4. The minimum Gasteiger partial charge on any atom is -0.458 e. The normalized spacial score (nSPS) is 11.2. The molecule has 0 unspecified atom stereocenters. The molecule has 1 heterocycles. The maximum absolute atomic E-state index is 14.4. The van der Waals surface area contributed by atoms with Gasteiger partial charge in [-0.3, -0.25) is 0 Å².